The Hall–Kier alpha value is -2.70. The number of nitrogens with one attached hydrogen (secondary N) is 1. The summed E-state index contributed by atoms with van der Waals surface area (Å²) in [6, 6.07) is 8.23. The van der Waals surface area contributed by atoms with E-state index in [2.05, 4.69) is 15.3 Å². The molecule has 1 heterocycles. The van der Waals surface area contributed by atoms with Gasteiger partial charge >= 0.3 is 0 Å². The molecule has 2 rings (SSSR count). The smallest absolute Gasteiger partial charge is 0.269 e. The van der Waals surface area contributed by atoms with Gasteiger partial charge in [0.25, 0.3) is 5.69 Å². The van der Waals surface area contributed by atoms with Crippen LogP contribution in [-0.2, 0) is 0 Å². The van der Waals surface area contributed by atoms with Crippen molar-refractivity contribution in [1.82, 2.24) is 9.97 Å². The quantitative estimate of drug-likeness (QED) is 0.623. The van der Waals surface area contributed by atoms with Crippen LogP contribution in [0.5, 0.6) is 5.88 Å². The van der Waals surface area contributed by atoms with Gasteiger partial charge in [-0.05, 0) is 18.9 Å². The average Bonchev–Trinajstić information content (AvgIpc) is 2.53. The highest BCUT2D eigenvalue weighted by molar-refractivity contribution is 5.43. The number of hydrogen-bond acceptors (Lipinski definition) is 6. The van der Waals surface area contributed by atoms with Crippen LogP contribution in [0.2, 0.25) is 0 Å². The molecule has 0 saturated heterocycles. The molecule has 1 aromatic carbocycles. The maximum Gasteiger partial charge on any atom is 0.269 e. The van der Waals surface area contributed by atoms with Crippen molar-refractivity contribution in [3.8, 4) is 5.88 Å². The van der Waals surface area contributed by atoms with E-state index < -0.39 is 4.92 Å². The van der Waals surface area contributed by atoms with Gasteiger partial charge in [0.15, 0.2) is 0 Å². The van der Waals surface area contributed by atoms with E-state index in [1.54, 1.807) is 18.2 Å². The number of nitrogens with zero attached hydrogens (tertiary/aromatic N) is 3. The minimum atomic E-state index is -0.395. The molecule has 0 aliphatic heterocycles. The van der Waals surface area contributed by atoms with E-state index in [1.807, 2.05) is 19.9 Å². The summed E-state index contributed by atoms with van der Waals surface area (Å²) in [5.41, 5.74) is 0.920. The summed E-state index contributed by atoms with van der Waals surface area (Å²) in [5, 5.41) is 14.1. The summed E-state index contributed by atoms with van der Waals surface area (Å²) in [6.07, 6.45) is 2.18. The first-order valence-corrected chi connectivity index (χ1v) is 7.09. The summed E-state index contributed by atoms with van der Waals surface area (Å²) in [4.78, 5) is 18.7. The van der Waals surface area contributed by atoms with Crippen molar-refractivity contribution in [2.24, 2.45) is 0 Å². The van der Waals surface area contributed by atoms with E-state index in [-0.39, 0.29) is 11.7 Å². The summed E-state index contributed by atoms with van der Waals surface area (Å²) >= 11 is 0. The molecule has 1 unspecified atom stereocenters. The van der Waals surface area contributed by atoms with Crippen molar-refractivity contribution in [3.05, 3.63) is 52.3 Å². The van der Waals surface area contributed by atoms with Crippen molar-refractivity contribution >= 4 is 11.5 Å². The Balaban J connectivity index is 2.20. The molecule has 7 nitrogen and oxygen atoms in total. The van der Waals surface area contributed by atoms with Gasteiger partial charge in [-0.2, -0.15) is 0 Å². The molecule has 2 aromatic rings. The van der Waals surface area contributed by atoms with E-state index in [4.69, 9.17) is 4.74 Å². The third-order valence-electron chi connectivity index (χ3n) is 3.15. The second kappa shape index (κ2) is 7.35. The highest BCUT2D eigenvalue weighted by Gasteiger charge is 2.14. The number of aromatic nitrogens is 2. The summed E-state index contributed by atoms with van der Waals surface area (Å²) in [5.74, 6) is 1.12. The van der Waals surface area contributed by atoms with Crippen LogP contribution in [0.4, 0.5) is 11.5 Å². The second-order valence-electron chi connectivity index (χ2n) is 4.63. The van der Waals surface area contributed by atoms with Gasteiger partial charge in [0.2, 0.25) is 5.88 Å². The van der Waals surface area contributed by atoms with Gasteiger partial charge in [-0.1, -0.05) is 19.1 Å². The summed E-state index contributed by atoms with van der Waals surface area (Å²) in [7, 11) is 0. The van der Waals surface area contributed by atoms with Crippen molar-refractivity contribution < 1.29 is 9.66 Å². The lowest BCUT2D eigenvalue weighted by atomic mass is 10.0. The van der Waals surface area contributed by atoms with Gasteiger partial charge in [-0.15, -0.1) is 0 Å². The Morgan fingerprint density at radius 2 is 2.14 bits per heavy atom. The number of nitro benzene ring substituents is 1. The van der Waals surface area contributed by atoms with Crippen LogP contribution < -0.4 is 10.1 Å². The lowest BCUT2D eigenvalue weighted by molar-refractivity contribution is -0.384. The molecule has 0 aliphatic carbocycles. The van der Waals surface area contributed by atoms with Crippen LogP contribution in [0.25, 0.3) is 0 Å². The van der Waals surface area contributed by atoms with Crippen LogP contribution in [0, 0.1) is 10.1 Å². The fourth-order valence-corrected chi connectivity index (χ4v) is 2.10. The fraction of sp³-hybridized carbons (Fsp3) is 0.333. The molecule has 0 spiro atoms. The Kier molecular flexibility index (Phi) is 5.24. The number of benzene rings is 1. The molecule has 7 heteroatoms. The first-order valence-electron chi connectivity index (χ1n) is 7.09. The standard InChI is InChI=1S/C15H18N4O3/c1-3-13(11-6-5-7-12(8-11)19(20)21)18-14-9-15(22-4-2)17-10-16-14/h5-10,13H,3-4H2,1-2H3,(H,16,17,18). The topological polar surface area (TPSA) is 90.2 Å². The predicted octanol–water partition coefficient (Wildman–Crippen LogP) is 3.35. The van der Waals surface area contributed by atoms with Gasteiger partial charge in [0.1, 0.15) is 12.1 Å². The molecule has 1 aromatic heterocycles. The molecule has 1 atom stereocenters. The molecular weight excluding hydrogens is 284 g/mol. The second-order valence-corrected chi connectivity index (χ2v) is 4.63. The molecule has 0 saturated carbocycles. The third kappa shape index (κ3) is 3.91. The summed E-state index contributed by atoms with van der Waals surface area (Å²) < 4.78 is 5.34. The van der Waals surface area contributed by atoms with E-state index in [0.717, 1.165) is 12.0 Å². The van der Waals surface area contributed by atoms with Crippen LogP contribution in [0.3, 0.4) is 0 Å². The minimum absolute atomic E-state index is 0.0791. The predicted molar refractivity (Wildman–Crippen MR) is 83.0 cm³/mol. The molecule has 0 radical (unpaired) electrons. The van der Waals surface area contributed by atoms with Gasteiger partial charge < -0.3 is 10.1 Å². The molecule has 116 valence electrons. The number of hydrogen-bond donors (Lipinski definition) is 1. The largest absolute Gasteiger partial charge is 0.478 e. The van der Waals surface area contributed by atoms with Crippen molar-refractivity contribution in [3.63, 3.8) is 0 Å². The molecule has 0 aliphatic rings. The molecule has 22 heavy (non-hydrogen) atoms. The van der Waals surface area contributed by atoms with Crippen molar-refractivity contribution in [2.45, 2.75) is 26.3 Å². The first kappa shape index (κ1) is 15.7. The molecular formula is C15H18N4O3. The van der Waals surface area contributed by atoms with Crippen LogP contribution >= 0.6 is 0 Å². The molecule has 1 N–H and O–H groups in total. The van der Waals surface area contributed by atoms with Gasteiger partial charge in [0.05, 0.1) is 17.6 Å². The van der Waals surface area contributed by atoms with E-state index in [9.17, 15) is 10.1 Å². The van der Waals surface area contributed by atoms with Crippen LogP contribution in [0.1, 0.15) is 31.9 Å². The maximum atomic E-state index is 10.9. The number of rotatable bonds is 7. The lowest BCUT2D eigenvalue weighted by Gasteiger charge is -2.18. The maximum absolute atomic E-state index is 10.9. The number of anilines is 1. The zero-order valence-corrected chi connectivity index (χ0v) is 12.5. The first-order chi connectivity index (χ1) is 10.6. The van der Waals surface area contributed by atoms with Crippen LogP contribution in [0.15, 0.2) is 36.7 Å². The summed E-state index contributed by atoms with van der Waals surface area (Å²) in [6.45, 7) is 4.41. The third-order valence-corrected chi connectivity index (χ3v) is 3.15. The van der Waals surface area contributed by atoms with Gasteiger partial charge in [0, 0.05) is 18.2 Å². The van der Waals surface area contributed by atoms with Gasteiger partial charge in [-0.25, -0.2) is 9.97 Å². The highest BCUT2D eigenvalue weighted by Crippen LogP contribution is 2.25. The SMILES string of the molecule is CCOc1cc(NC(CC)c2cccc([N+](=O)[O-])c2)ncn1. The van der Waals surface area contributed by atoms with Crippen LogP contribution in [-0.4, -0.2) is 21.5 Å². The Bertz CT molecular complexity index is 648. The highest BCUT2D eigenvalue weighted by atomic mass is 16.6. The average molecular weight is 302 g/mol. The normalized spacial score (nSPS) is 11.7. The van der Waals surface area contributed by atoms with E-state index in [1.165, 1.54) is 12.4 Å². The number of ether oxygens (including phenoxy) is 1. The minimum Gasteiger partial charge on any atom is -0.478 e. The van der Waals surface area contributed by atoms with Crippen molar-refractivity contribution in [1.29, 1.82) is 0 Å². The molecule has 0 fully saturated rings. The molecule has 0 amide bonds. The zero-order valence-electron chi connectivity index (χ0n) is 12.5. The van der Waals surface area contributed by atoms with Crippen molar-refractivity contribution in [2.75, 3.05) is 11.9 Å². The monoisotopic (exact) mass is 302 g/mol. The number of nitro groups is 1. The Labute approximate surface area is 128 Å². The van der Waals surface area contributed by atoms with Gasteiger partial charge in [-0.3, -0.25) is 10.1 Å². The van der Waals surface area contributed by atoms with E-state index in [0.29, 0.717) is 18.3 Å². The fourth-order valence-electron chi connectivity index (χ4n) is 2.10. The Morgan fingerprint density at radius 3 is 2.82 bits per heavy atom. The lowest BCUT2D eigenvalue weighted by Crippen LogP contribution is -2.11. The zero-order chi connectivity index (χ0) is 15.9. The molecule has 0 bridgehead atoms. The number of non-ortho nitro benzene ring substituents is 1. The van der Waals surface area contributed by atoms with E-state index >= 15 is 0 Å². The Morgan fingerprint density at radius 1 is 1.32 bits per heavy atom.